The van der Waals surface area contributed by atoms with Crippen LogP contribution in [0.2, 0.25) is 0 Å². The summed E-state index contributed by atoms with van der Waals surface area (Å²) in [5.41, 5.74) is -2.56. The maximum atomic E-state index is 12.4. The van der Waals surface area contributed by atoms with Crippen molar-refractivity contribution >= 4 is 30.3 Å². The number of amides is 1. The van der Waals surface area contributed by atoms with Crippen molar-refractivity contribution in [3.63, 3.8) is 0 Å². The van der Waals surface area contributed by atoms with E-state index in [2.05, 4.69) is 5.32 Å². The average molecular weight is 492 g/mol. The monoisotopic (exact) mass is 492 g/mol. The molecule has 2 rings (SSSR count). The number of ether oxygens (including phenoxy) is 1. The summed E-state index contributed by atoms with van der Waals surface area (Å²) in [4.78, 5) is 36.3. The summed E-state index contributed by atoms with van der Waals surface area (Å²) in [5.74, 6) is -2.29. The predicted octanol–water partition coefficient (Wildman–Crippen LogP) is 4.00. The van der Waals surface area contributed by atoms with E-state index in [1.807, 2.05) is 27.7 Å². The summed E-state index contributed by atoms with van der Waals surface area (Å²) >= 11 is 0. The van der Waals surface area contributed by atoms with E-state index in [-0.39, 0.29) is 11.3 Å². The number of hydrogen-bond acceptors (Lipinski definition) is 7. The number of nitro groups is 1. The smallest absolute Gasteiger partial charge is 0.480 e. The van der Waals surface area contributed by atoms with Gasteiger partial charge in [-0.3, -0.25) is 10.1 Å². The van der Waals surface area contributed by atoms with Crippen LogP contribution in [0.15, 0.2) is 18.2 Å². The molecule has 1 aliphatic heterocycles. The maximum absolute atomic E-state index is 12.4. The molecule has 1 amide bonds. The Morgan fingerprint density at radius 3 is 2.00 bits per heavy atom. The zero-order valence-electron chi connectivity index (χ0n) is 22.2. The molecule has 1 aromatic carbocycles. The number of benzene rings is 1. The molecule has 0 radical (unpaired) electrons. The van der Waals surface area contributed by atoms with Crippen molar-refractivity contribution in [1.82, 2.24) is 5.32 Å². The fourth-order valence-corrected chi connectivity index (χ4v) is 3.98. The molecule has 1 aromatic rings. The third kappa shape index (κ3) is 6.52. The van der Waals surface area contributed by atoms with Gasteiger partial charge >= 0.3 is 19.2 Å². The van der Waals surface area contributed by atoms with Crippen LogP contribution < -0.4 is 10.8 Å². The molecule has 1 saturated heterocycles. The Morgan fingerprint density at radius 2 is 1.60 bits per heavy atom. The number of aliphatic carboxylic acids is 1. The molecule has 0 aromatic heterocycles. The average Bonchev–Trinajstić information content (AvgIpc) is 2.85. The molecule has 0 bridgehead atoms. The Kier molecular flexibility index (Phi) is 7.69. The first-order chi connectivity index (χ1) is 15.7. The van der Waals surface area contributed by atoms with E-state index < -0.39 is 58.3 Å². The lowest BCUT2D eigenvalue weighted by Crippen LogP contribution is -2.50. The van der Waals surface area contributed by atoms with Gasteiger partial charge in [0.1, 0.15) is 11.6 Å². The molecule has 2 N–H and O–H groups in total. The number of rotatable bonds is 6. The van der Waals surface area contributed by atoms with Crippen molar-refractivity contribution in [2.75, 3.05) is 0 Å². The van der Waals surface area contributed by atoms with Crippen molar-refractivity contribution in [3.05, 3.63) is 33.9 Å². The van der Waals surface area contributed by atoms with Crippen LogP contribution in [0.1, 0.15) is 80.7 Å². The minimum absolute atomic E-state index is 0.172. The van der Waals surface area contributed by atoms with Gasteiger partial charge in [-0.25, -0.2) is 9.59 Å². The second-order valence-electron chi connectivity index (χ2n) is 12.0. The second-order valence-corrected chi connectivity index (χ2v) is 12.0. The number of carboxylic acid groups (broad SMARTS) is 1. The SMILES string of the molecule is CC(C)(C)OC(=O)NC(C(=O)O)C(c1ccc(B2OC(C)(C)C(C)(C)O2)cc1[N+](=O)[O-])C(C)(C)C. The van der Waals surface area contributed by atoms with Gasteiger partial charge in [-0.1, -0.05) is 32.9 Å². The van der Waals surface area contributed by atoms with Gasteiger partial charge in [0.2, 0.25) is 0 Å². The summed E-state index contributed by atoms with van der Waals surface area (Å²) in [6.45, 7) is 17.8. The number of nitro benzene ring substituents is 1. The Bertz CT molecular complexity index is 978. The molecule has 2 unspecified atom stereocenters. The zero-order chi connectivity index (χ0) is 27.1. The van der Waals surface area contributed by atoms with Crippen molar-refractivity contribution in [3.8, 4) is 0 Å². The van der Waals surface area contributed by atoms with Gasteiger partial charge in [-0.2, -0.15) is 0 Å². The molecule has 11 heteroatoms. The van der Waals surface area contributed by atoms with E-state index in [9.17, 15) is 24.8 Å². The molecule has 194 valence electrons. The molecule has 0 spiro atoms. The molecule has 35 heavy (non-hydrogen) atoms. The van der Waals surface area contributed by atoms with Crippen molar-refractivity contribution < 1.29 is 33.7 Å². The lowest BCUT2D eigenvalue weighted by molar-refractivity contribution is -0.385. The fourth-order valence-electron chi connectivity index (χ4n) is 3.98. The van der Waals surface area contributed by atoms with Crippen LogP contribution in [0.25, 0.3) is 0 Å². The summed E-state index contributed by atoms with van der Waals surface area (Å²) in [7, 11) is -0.823. The predicted molar refractivity (Wildman–Crippen MR) is 132 cm³/mol. The van der Waals surface area contributed by atoms with E-state index in [0.717, 1.165) is 0 Å². The summed E-state index contributed by atoms with van der Waals surface area (Å²) < 4.78 is 17.3. The van der Waals surface area contributed by atoms with Gasteiger partial charge in [0.05, 0.1) is 16.1 Å². The van der Waals surface area contributed by atoms with Gasteiger partial charge in [0, 0.05) is 17.5 Å². The van der Waals surface area contributed by atoms with Gasteiger partial charge in [-0.05, 0) is 59.3 Å². The first-order valence-corrected chi connectivity index (χ1v) is 11.5. The Labute approximate surface area is 207 Å². The Hall–Kier alpha value is -2.66. The van der Waals surface area contributed by atoms with Crippen LogP contribution >= 0.6 is 0 Å². The maximum Gasteiger partial charge on any atom is 0.495 e. The third-order valence-corrected chi connectivity index (χ3v) is 6.32. The molecule has 1 aliphatic rings. The minimum atomic E-state index is -1.48. The van der Waals surface area contributed by atoms with Crippen LogP contribution in [0.4, 0.5) is 10.5 Å². The van der Waals surface area contributed by atoms with E-state index >= 15 is 0 Å². The number of hydrogen-bond donors (Lipinski definition) is 2. The lowest BCUT2D eigenvalue weighted by atomic mass is 9.70. The molecule has 0 aliphatic carbocycles. The third-order valence-electron chi connectivity index (χ3n) is 6.32. The molecule has 2 atom stereocenters. The molecule has 1 heterocycles. The Morgan fingerprint density at radius 1 is 1.09 bits per heavy atom. The number of carboxylic acids is 1. The van der Waals surface area contributed by atoms with Crippen molar-refractivity contribution in [2.24, 2.45) is 5.41 Å². The van der Waals surface area contributed by atoms with E-state index in [0.29, 0.717) is 5.46 Å². The highest BCUT2D eigenvalue weighted by atomic mass is 16.7. The molecular weight excluding hydrogens is 455 g/mol. The molecule has 1 fully saturated rings. The summed E-state index contributed by atoms with van der Waals surface area (Å²) in [6, 6.07) is 3.02. The van der Waals surface area contributed by atoms with Gasteiger partial charge in [-0.15, -0.1) is 0 Å². The molecule has 10 nitrogen and oxygen atoms in total. The van der Waals surface area contributed by atoms with Crippen LogP contribution in [0, 0.1) is 15.5 Å². The highest BCUT2D eigenvalue weighted by Crippen LogP contribution is 2.42. The van der Waals surface area contributed by atoms with Crippen LogP contribution in [-0.2, 0) is 18.8 Å². The number of nitrogens with zero attached hydrogens (tertiary/aromatic N) is 1. The summed E-state index contributed by atoms with van der Waals surface area (Å²) in [5, 5.41) is 24.6. The molecule has 0 saturated carbocycles. The van der Waals surface area contributed by atoms with Crippen LogP contribution in [0.5, 0.6) is 0 Å². The highest BCUT2D eigenvalue weighted by Gasteiger charge is 2.52. The van der Waals surface area contributed by atoms with Crippen LogP contribution in [0.3, 0.4) is 0 Å². The highest BCUT2D eigenvalue weighted by molar-refractivity contribution is 6.62. The normalized spacial score (nSPS) is 19.1. The topological polar surface area (TPSA) is 137 Å². The van der Waals surface area contributed by atoms with Crippen molar-refractivity contribution in [1.29, 1.82) is 0 Å². The first kappa shape index (κ1) is 28.6. The Balaban J connectivity index is 2.56. The van der Waals surface area contributed by atoms with Gasteiger partial charge < -0.3 is 24.5 Å². The first-order valence-electron chi connectivity index (χ1n) is 11.5. The minimum Gasteiger partial charge on any atom is -0.480 e. The standard InChI is InChI=1S/C24H37BN2O8/c1-21(2,3)17(18(19(28)29)26-20(30)33-22(4,5)6)15-12-11-14(13-16(15)27(31)32)25-34-23(7,8)24(9,10)35-25/h11-13,17-18H,1-10H3,(H,26,30)(H,28,29). The largest absolute Gasteiger partial charge is 0.495 e. The van der Waals surface area contributed by atoms with Crippen LogP contribution in [-0.4, -0.2) is 52.1 Å². The number of carbonyl (C=O) groups is 2. The van der Waals surface area contributed by atoms with E-state index in [4.69, 9.17) is 14.0 Å². The number of alkyl carbamates (subject to hydrolysis) is 1. The molecular formula is C24H37BN2O8. The zero-order valence-corrected chi connectivity index (χ0v) is 22.2. The lowest BCUT2D eigenvalue weighted by Gasteiger charge is -2.35. The quantitative estimate of drug-likeness (QED) is 0.345. The number of nitrogens with one attached hydrogen (secondary N) is 1. The number of carbonyl (C=O) groups excluding carboxylic acids is 1. The van der Waals surface area contributed by atoms with Gasteiger partial charge in [0.25, 0.3) is 5.69 Å². The van der Waals surface area contributed by atoms with Crippen molar-refractivity contribution in [2.45, 2.75) is 98.0 Å². The summed E-state index contributed by atoms with van der Waals surface area (Å²) in [6.07, 6.45) is -0.921. The van der Waals surface area contributed by atoms with E-state index in [1.165, 1.54) is 12.1 Å². The van der Waals surface area contributed by atoms with E-state index in [1.54, 1.807) is 47.6 Å². The second kappa shape index (κ2) is 9.42. The van der Waals surface area contributed by atoms with Gasteiger partial charge in [0.15, 0.2) is 0 Å². The fraction of sp³-hybridized carbons (Fsp3) is 0.667.